The summed E-state index contributed by atoms with van der Waals surface area (Å²) in [6.07, 6.45) is 3.20. The van der Waals surface area contributed by atoms with E-state index in [1.54, 1.807) is 18.2 Å². The summed E-state index contributed by atoms with van der Waals surface area (Å²) < 4.78 is 11.4. The number of carbonyl (C=O) groups is 1. The number of rotatable bonds is 12. The van der Waals surface area contributed by atoms with Crippen molar-refractivity contribution in [2.75, 3.05) is 19.8 Å². The van der Waals surface area contributed by atoms with E-state index in [2.05, 4.69) is 18.3 Å². The Balaban J connectivity index is 1.99. The number of benzene rings is 2. The van der Waals surface area contributed by atoms with E-state index >= 15 is 0 Å². The summed E-state index contributed by atoms with van der Waals surface area (Å²) in [5, 5.41) is 21.6. The number of carbonyl (C=O) groups excluding carboxylic acids is 1. The van der Waals surface area contributed by atoms with E-state index in [0.717, 1.165) is 29.7 Å². The first kappa shape index (κ1) is 24.2. The number of hydrogen-bond acceptors (Lipinski definition) is 5. The van der Waals surface area contributed by atoms with Crippen molar-refractivity contribution in [3.05, 3.63) is 58.7 Å². The number of ether oxygens (including phenoxy) is 2. The van der Waals surface area contributed by atoms with Gasteiger partial charge in [0.25, 0.3) is 5.91 Å². The lowest BCUT2D eigenvalue weighted by Crippen LogP contribution is -2.26. The summed E-state index contributed by atoms with van der Waals surface area (Å²) in [4.78, 5) is 12.5. The molecule has 0 bridgehead atoms. The number of aliphatic hydroxyl groups is 1. The van der Waals surface area contributed by atoms with Crippen LogP contribution >= 0.6 is 0 Å². The topological polar surface area (TPSA) is 91.6 Å². The minimum Gasteiger partial charge on any atom is -0.494 e. The average Bonchev–Trinajstić information content (AvgIpc) is 2.75. The van der Waals surface area contributed by atoms with Gasteiger partial charge in [0.1, 0.15) is 17.6 Å². The molecule has 166 valence electrons. The highest BCUT2D eigenvalue weighted by atomic mass is 16.5. The van der Waals surface area contributed by atoms with Crippen LogP contribution in [0.1, 0.15) is 60.7 Å². The van der Waals surface area contributed by atoms with E-state index in [-0.39, 0.29) is 18.6 Å². The summed E-state index contributed by atoms with van der Waals surface area (Å²) in [5.74, 6) is 1.04. The highest BCUT2D eigenvalue weighted by Crippen LogP contribution is 2.21. The number of nitrogens with zero attached hydrogens (tertiary/aromatic N) is 1. The van der Waals surface area contributed by atoms with Gasteiger partial charge < -0.3 is 19.9 Å². The fraction of sp³-hybridized carbons (Fsp3) is 0.440. The lowest BCUT2D eigenvalue weighted by Gasteiger charge is -2.14. The van der Waals surface area contributed by atoms with Crippen LogP contribution in [0, 0.1) is 11.3 Å². The predicted molar refractivity (Wildman–Crippen MR) is 121 cm³/mol. The van der Waals surface area contributed by atoms with Crippen LogP contribution in [-0.4, -0.2) is 36.9 Å². The molecule has 0 radical (unpaired) electrons. The van der Waals surface area contributed by atoms with Gasteiger partial charge in [-0.2, -0.15) is 5.26 Å². The van der Waals surface area contributed by atoms with Crippen molar-refractivity contribution in [1.82, 2.24) is 5.32 Å². The van der Waals surface area contributed by atoms with E-state index in [9.17, 15) is 15.2 Å². The lowest BCUT2D eigenvalue weighted by atomic mass is 10.0. The van der Waals surface area contributed by atoms with Gasteiger partial charge in [0, 0.05) is 18.7 Å². The number of unbranched alkanes of at least 4 members (excludes halogenated alkanes) is 1. The normalized spacial score (nSPS) is 10.6. The maximum atomic E-state index is 12.5. The van der Waals surface area contributed by atoms with Crippen molar-refractivity contribution in [1.29, 1.82) is 5.26 Å². The van der Waals surface area contributed by atoms with Crippen LogP contribution in [0.4, 0.5) is 0 Å². The number of nitriles is 1. The molecule has 0 aliphatic heterocycles. The standard InChI is InChI=1S/C25H32N2O4/c1-4-5-14-30-23-8-6-19(20(16-23)11-13-28)10-12-27-25(29)21-7-9-24(31-18(2)3)22(15-21)17-26/h6-9,15-16,18,28H,4-5,10-14H2,1-3H3,(H,27,29). The molecule has 0 aliphatic rings. The summed E-state index contributed by atoms with van der Waals surface area (Å²) in [7, 11) is 0. The number of amides is 1. The van der Waals surface area contributed by atoms with Crippen LogP contribution in [0.25, 0.3) is 0 Å². The average molecular weight is 425 g/mol. The largest absolute Gasteiger partial charge is 0.494 e. The Morgan fingerprint density at radius 1 is 1.16 bits per heavy atom. The molecule has 0 unspecified atom stereocenters. The van der Waals surface area contributed by atoms with Gasteiger partial charge in [-0.05, 0) is 74.6 Å². The second kappa shape index (κ2) is 12.6. The zero-order valence-electron chi connectivity index (χ0n) is 18.6. The van der Waals surface area contributed by atoms with Crippen molar-refractivity contribution in [2.24, 2.45) is 0 Å². The first-order valence-electron chi connectivity index (χ1n) is 10.8. The minimum atomic E-state index is -0.240. The second-order valence-electron chi connectivity index (χ2n) is 7.60. The highest BCUT2D eigenvalue weighted by molar-refractivity contribution is 5.94. The third-order valence-corrected chi connectivity index (χ3v) is 4.73. The van der Waals surface area contributed by atoms with Gasteiger partial charge in [-0.1, -0.05) is 19.4 Å². The zero-order chi connectivity index (χ0) is 22.6. The molecule has 0 saturated carbocycles. The van der Waals surface area contributed by atoms with Crippen LogP contribution in [-0.2, 0) is 12.8 Å². The molecule has 0 spiro atoms. The monoisotopic (exact) mass is 424 g/mol. The number of nitrogens with one attached hydrogen (secondary N) is 1. The molecule has 0 heterocycles. The smallest absolute Gasteiger partial charge is 0.251 e. The van der Waals surface area contributed by atoms with Crippen molar-refractivity contribution < 1.29 is 19.4 Å². The molecule has 31 heavy (non-hydrogen) atoms. The predicted octanol–water partition coefficient (Wildman–Crippen LogP) is 4.03. The van der Waals surface area contributed by atoms with E-state index in [1.165, 1.54) is 0 Å². The molecule has 0 atom stereocenters. The van der Waals surface area contributed by atoms with Crippen molar-refractivity contribution >= 4 is 5.91 Å². The third kappa shape index (κ3) is 7.62. The van der Waals surface area contributed by atoms with E-state index in [4.69, 9.17) is 9.47 Å². The van der Waals surface area contributed by atoms with Gasteiger partial charge in [-0.3, -0.25) is 4.79 Å². The third-order valence-electron chi connectivity index (χ3n) is 4.73. The Kier molecular flexibility index (Phi) is 9.86. The molecule has 0 aromatic heterocycles. The quantitative estimate of drug-likeness (QED) is 0.502. The minimum absolute atomic E-state index is 0.0525. The molecular formula is C25H32N2O4. The Hall–Kier alpha value is -3.04. The Morgan fingerprint density at radius 3 is 2.65 bits per heavy atom. The summed E-state index contributed by atoms with van der Waals surface area (Å²) in [5.41, 5.74) is 2.84. The first-order valence-corrected chi connectivity index (χ1v) is 10.8. The summed E-state index contributed by atoms with van der Waals surface area (Å²) >= 11 is 0. The molecule has 6 heteroatoms. The van der Waals surface area contributed by atoms with Crippen LogP contribution in [0.2, 0.25) is 0 Å². The summed E-state index contributed by atoms with van der Waals surface area (Å²) in [6, 6.07) is 12.8. The molecule has 0 fully saturated rings. The van der Waals surface area contributed by atoms with Gasteiger partial charge in [-0.15, -0.1) is 0 Å². The fourth-order valence-electron chi connectivity index (χ4n) is 3.15. The van der Waals surface area contributed by atoms with Crippen molar-refractivity contribution in [3.8, 4) is 17.6 Å². The van der Waals surface area contributed by atoms with Gasteiger partial charge in [0.05, 0.1) is 18.3 Å². The lowest BCUT2D eigenvalue weighted by molar-refractivity contribution is 0.0954. The molecule has 2 N–H and O–H groups in total. The molecular weight excluding hydrogens is 392 g/mol. The SMILES string of the molecule is CCCCOc1ccc(CCNC(=O)c2ccc(OC(C)C)c(C#N)c2)c(CCO)c1. The second-order valence-corrected chi connectivity index (χ2v) is 7.60. The Labute approximate surface area is 184 Å². The van der Waals surface area contributed by atoms with Crippen LogP contribution in [0.15, 0.2) is 36.4 Å². The maximum absolute atomic E-state index is 12.5. The Morgan fingerprint density at radius 2 is 1.97 bits per heavy atom. The molecule has 2 rings (SSSR count). The van der Waals surface area contributed by atoms with Crippen molar-refractivity contribution in [3.63, 3.8) is 0 Å². The van der Waals surface area contributed by atoms with Gasteiger partial charge in [-0.25, -0.2) is 0 Å². The van der Waals surface area contributed by atoms with Crippen LogP contribution in [0.5, 0.6) is 11.5 Å². The summed E-state index contributed by atoms with van der Waals surface area (Å²) in [6.45, 7) is 7.06. The van der Waals surface area contributed by atoms with Gasteiger partial charge in [0.2, 0.25) is 0 Å². The van der Waals surface area contributed by atoms with Crippen molar-refractivity contribution in [2.45, 2.75) is 52.6 Å². The van der Waals surface area contributed by atoms with Gasteiger partial charge in [0.15, 0.2) is 0 Å². The number of hydrogen-bond donors (Lipinski definition) is 2. The molecule has 0 saturated heterocycles. The highest BCUT2D eigenvalue weighted by Gasteiger charge is 2.12. The Bertz CT molecular complexity index is 903. The van der Waals surface area contributed by atoms with E-state index in [1.807, 2.05) is 32.0 Å². The fourth-order valence-corrected chi connectivity index (χ4v) is 3.15. The molecule has 2 aromatic rings. The van der Waals surface area contributed by atoms with E-state index in [0.29, 0.717) is 42.9 Å². The molecule has 0 aliphatic carbocycles. The first-order chi connectivity index (χ1) is 15.0. The maximum Gasteiger partial charge on any atom is 0.251 e. The number of aliphatic hydroxyl groups excluding tert-OH is 1. The zero-order valence-corrected chi connectivity index (χ0v) is 18.6. The molecule has 2 aromatic carbocycles. The molecule has 6 nitrogen and oxygen atoms in total. The van der Waals surface area contributed by atoms with Crippen LogP contribution in [0.3, 0.4) is 0 Å². The van der Waals surface area contributed by atoms with Gasteiger partial charge >= 0.3 is 0 Å². The van der Waals surface area contributed by atoms with Crippen LogP contribution < -0.4 is 14.8 Å². The van der Waals surface area contributed by atoms with E-state index < -0.39 is 0 Å². The molecule has 1 amide bonds.